The SMILES string of the molecule is CCC(C)n1c(=O)c2ccccc2n(CC(=O)Nc2cccc(C(C)C)c2)c1=O. The van der Waals surface area contributed by atoms with E-state index in [1.165, 1.54) is 9.13 Å². The first-order chi connectivity index (χ1) is 13.8. The van der Waals surface area contributed by atoms with Crippen molar-refractivity contribution in [3.8, 4) is 0 Å². The van der Waals surface area contributed by atoms with Gasteiger partial charge in [0, 0.05) is 11.7 Å². The maximum Gasteiger partial charge on any atom is 0.332 e. The van der Waals surface area contributed by atoms with Crippen LogP contribution >= 0.6 is 0 Å². The molecule has 1 amide bonds. The molecule has 0 spiro atoms. The summed E-state index contributed by atoms with van der Waals surface area (Å²) in [6.07, 6.45) is 0.641. The highest BCUT2D eigenvalue weighted by atomic mass is 16.2. The Morgan fingerprint density at radius 1 is 1.03 bits per heavy atom. The molecule has 0 aliphatic heterocycles. The highest BCUT2D eigenvalue weighted by Crippen LogP contribution is 2.18. The molecule has 3 aromatic rings. The summed E-state index contributed by atoms with van der Waals surface area (Å²) in [5.74, 6) is 0.0324. The number of hydrogen-bond acceptors (Lipinski definition) is 3. The molecule has 0 bridgehead atoms. The molecule has 0 aliphatic carbocycles. The number of aromatic nitrogens is 2. The Kier molecular flexibility index (Phi) is 6.01. The lowest BCUT2D eigenvalue weighted by Crippen LogP contribution is -2.43. The highest BCUT2D eigenvalue weighted by Gasteiger charge is 2.18. The summed E-state index contributed by atoms with van der Waals surface area (Å²) >= 11 is 0. The summed E-state index contributed by atoms with van der Waals surface area (Å²) in [6.45, 7) is 7.77. The first kappa shape index (κ1) is 20.6. The molecule has 1 aromatic heterocycles. The van der Waals surface area contributed by atoms with Gasteiger partial charge in [0.2, 0.25) is 5.91 Å². The van der Waals surface area contributed by atoms with Gasteiger partial charge in [0.25, 0.3) is 5.56 Å². The Morgan fingerprint density at radius 3 is 2.45 bits per heavy atom. The number of benzene rings is 2. The minimum absolute atomic E-state index is 0.165. The van der Waals surface area contributed by atoms with Crippen molar-refractivity contribution in [2.45, 2.75) is 52.6 Å². The van der Waals surface area contributed by atoms with Crippen LogP contribution in [0.1, 0.15) is 51.6 Å². The average molecular weight is 393 g/mol. The van der Waals surface area contributed by atoms with Crippen molar-refractivity contribution in [1.29, 1.82) is 0 Å². The zero-order valence-corrected chi connectivity index (χ0v) is 17.3. The molecule has 1 N–H and O–H groups in total. The monoisotopic (exact) mass is 393 g/mol. The van der Waals surface area contributed by atoms with Crippen LogP contribution in [0.5, 0.6) is 0 Å². The van der Waals surface area contributed by atoms with Crippen LogP contribution in [0.2, 0.25) is 0 Å². The third kappa shape index (κ3) is 4.16. The normalized spacial score (nSPS) is 12.3. The van der Waals surface area contributed by atoms with Gasteiger partial charge < -0.3 is 5.32 Å². The van der Waals surface area contributed by atoms with E-state index in [9.17, 15) is 14.4 Å². The second kappa shape index (κ2) is 8.47. The molecule has 1 atom stereocenters. The molecule has 0 fully saturated rings. The molecule has 152 valence electrons. The van der Waals surface area contributed by atoms with Crippen molar-refractivity contribution in [3.63, 3.8) is 0 Å². The maximum absolute atomic E-state index is 13.1. The second-order valence-electron chi connectivity index (χ2n) is 7.65. The van der Waals surface area contributed by atoms with E-state index in [1.54, 1.807) is 24.3 Å². The molecule has 0 saturated carbocycles. The fourth-order valence-corrected chi connectivity index (χ4v) is 3.38. The summed E-state index contributed by atoms with van der Waals surface area (Å²) in [4.78, 5) is 38.6. The topological polar surface area (TPSA) is 73.1 Å². The molecule has 0 saturated heterocycles. The summed E-state index contributed by atoms with van der Waals surface area (Å²) in [6, 6.07) is 14.3. The summed E-state index contributed by atoms with van der Waals surface area (Å²) in [5, 5.41) is 3.30. The molecule has 0 radical (unpaired) electrons. The molecule has 0 aliphatic rings. The third-order valence-electron chi connectivity index (χ3n) is 5.25. The summed E-state index contributed by atoms with van der Waals surface area (Å²) in [5.41, 5.74) is 1.49. The molecule has 6 heteroatoms. The van der Waals surface area contributed by atoms with Crippen LogP contribution in [0.3, 0.4) is 0 Å². The smallest absolute Gasteiger partial charge is 0.325 e. The van der Waals surface area contributed by atoms with E-state index < -0.39 is 5.69 Å². The molecule has 3 rings (SSSR count). The van der Waals surface area contributed by atoms with Crippen LogP contribution < -0.4 is 16.6 Å². The zero-order valence-electron chi connectivity index (χ0n) is 17.3. The maximum atomic E-state index is 13.1. The second-order valence-corrected chi connectivity index (χ2v) is 7.65. The first-order valence-electron chi connectivity index (χ1n) is 9.97. The van der Waals surface area contributed by atoms with Gasteiger partial charge in [-0.1, -0.05) is 45.0 Å². The molecule has 6 nitrogen and oxygen atoms in total. The lowest BCUT2D eigenvalue weighted by atomic mass is 10.0. The van der Waals surface area contributed by atoms with Crippen molar-refractivity contribution in [3.05, 3.63) is 74.9 Å². The van der Waals surface area contributed by atoms with Gasteiger partial charge >= 0.3 is 5.69 Å². The number of para-hydroxylation sites is 1. The van der Waals surface area contributed by atoms with Gasteiger partial charge in [-0.25, -0.2) is 4.79 Å². The number of amides is 1. The fourth-order valence-electron chi connectivity index (χ4n) is 3.38. The predicted molar refractivity (Wildman–Crippen MR) is 117 cm³/mol. The van der Waals surface area contributed by atoms with Gasteiger partial charge in [-0.2, -0.15) is 0 Å². The number of fused-ring (bicyclic) bond motifs is 1. The van der Waals surface area contributed by atoms with Gasteiger partial charge in [-0.3, -0.25) is 18.7 Å². The van der Waals surface area contributed by atoms with Crippen molar-refractivity contribution in [2.24, 2.45) is 0 Å². The number of carbonyl (C=O) groups excluding carboxylic acids is 1. The van der Waals surface area contributed by atoms with E-state index in [0.717, 1.165) is 5.56 Å². The highest BCUT2D eigenvalue weighted by molar-refractivity contribution is 5.91. The first-order valence-corrected chi connectivity index (χ1v) is 9.97. The largest absolute Gasteiger partial charge is 0.332 e. The number of hydrogen-bond donors (Lipinski definition) is 1. The number of nitrogens with one attached hydrogen (secondary N) is 1. The van der Waals surface area contributed by atoms with Crippen molar-refractivity contribution in [2.75, 3.05) is 5.32 Å². The average Bonchev–Trinajstić information content (AvgIpc) is 2.71. The minimum Gasteiger partial charge on any atom is -0.325 e. The summed E-state index contributed by atoms with van der Waals surface area (Å²) in [7, 11) is 0. The molecule has 2 aromatic carbocycles. The van der Waals surface area contributed by atoms with Crippen LogP contribution in [-0.2, 0) is 11.3 Å². The van der Waals surface area contributed by atoms with E-state index in [1.807, 2.05) is 38.1 Å². The van der Waals surface area contributed by atoms with Gasteiger partial charge in [0.1, 0.15) is 6.54 Å². The lowest BCUT2D eigenvalue weighted by molar-refractivity contribution is -0.116. The van der Waals surface area contributed by atoms with Gasteiger partial charge in [0.15, 0.2) is 0 Å². The lowest BCUT2D eigenvalue weighted by Gasteiger charge is -2.17. The summed E-state index contributed by atoms with van der Waals surface area (Å²) < 4.78 is 2.62. The van der Waals surface area contributed by atoms with Crippen LogP contribution in [0.15, 0.2) is 58.1 Å². The zero-order chi connectivity index (χ0) is 21.1. The van der Waals surface area contributed by atoms with E-state index in [4.69, 9.17) is 0 Å². The standard InChI is InChI=1S/C23H27N3O3/c1-5-16(4)26-22(28)19-11-6-7-12-20(19)25(23(26)29)14-21(27)24-18-10-8-9-17(13-18)15(2)3/h6-13,15-16H,5,14H2,1-4H3,(H,24,27). The van der Waals surface area contributed by atoms with Crippen molar-refractivity contribution in [1.82, 2.24) is 9.13 Å². The van der Waals surface area contributed by atoms with Crippen LogP contribution in [0.25, 0.3) is 10.9 Å². The molecule has 29 heavy (non-hydrogen) atoms. The minimum atomic E-state index is -0.464. The van der Waals surface area contributed by atoms with E-state index in [2.05, 4.69) is 19.2 Å². The van der Waals surface area contributed by atoms with Crippen LogP contribution in [0, 0.1) is 0 Å². The Bertz CT molecular complexity index is 1160. The van der Waals surface area contributed by atoms with E-state index in [0.29, 0.717) is 28.9 Å². The quantitative estimate of drug-likeness (QED) is 0.690. The molecule has 1 heterocycles. The fraction of sp³-hybridized carbons (Fsp3) is 0.348. The Hall–Kier alpha value is -3.15. The van der Waals surface area contributed by atoms with Crippen molar-refractivity contribution >= 4 is 22.5 Å². The number of carbonyl (C=O) groups is 1. The number of rotatable bonds is 6. The molecular formula is C23H27N3O3. The van der Waals surface area contributed by atoms with Gasteiger partial charge in [-0.15, -0.1) is 0 Å². The van der Waals surface area contributed by atoms with Crippen LogP contribution in [0.4, 0.5) is 5.69 Å². The number of nitrogens with zero attached hydrogens (tertiary/aromatic N) is 2. The van der Waals surface area contributed by atoms with Gasteiger partial charge in [0.05, 0.1) is 10.9 Å². The Morgan fingerprint density at radius 2 is 1.76 bits per heavy atom. The number of anilines is 1. The van der Waals surface area contributed by atoms with Crippen molar-refractivity contribution < 1.29 is 4.79 Å². The van der Waals surface area contributed by atoms with Crippen LogP contribution in [-0.4, -0.2) is 15.0 Å². The van der Waals surface area contributed by atoms with Gasteiger partial charge in [-0.05, 0) is 49.1 Å². The van der Waals surface area contributed by atoms with E-state index in [-0.39, 0.29) is 24.1 Å². The third-order valence-corrected chi connectivity index (χ3v) is 5.25. The Labute approximate surface area is 169 Å². The Balaban J connectivity index is 2.01. The molecular weight excluding hydrogens is 366 g/mol. The molecule has 1 unspecified atom stereocenters. The van der Waals surface area contributed by atoms with E-state index >= 15 is 0 Å². The predicted octanol–water partition coefficient (Wildman–Crippen LogP) is 3.90.